The lowest BCUT2D eigenvalue weighted by Gasteiger charge is -2.42. The minimum absolute atomic E-state index is 0.0118. The zero-order chi connectivity index (χ0) is 25.7. The van der Waals surface area contributed by atoms with Crippen LogP contribution in [0.4, 0.5) is 5.82 Å². The second kappa shape index (κ2) is 9.27. The first-order valence-corrected chi connectivity index (χ1v) is 13.1. The van der Waals surface area contributed by atoms with Gasteiger partial charge in [-0.25, -0.2) is 9.97 Å². The number of aromatic nitrogens is 4. The number of nitriles is 1. The van der Waals surface area contributed by atoms with E-state index in [1.807, 2.05) is 30.3 Å². The molecule has 3 aromatic rings. The van der Waals surface area contributed by atoms with E-state index in [9.17, 15) is 15.2 Å². The van der Waals surface area contributed by atoms with E-state index in [-0.39, 0.29) is 25.0 Å². The predicted molar refractivity (Wildman–Crippen MR) is 141 cm³/mol. The Morgan fingerprint density at radius 3 is 2.70 bits per heavy atom. The molecule has 1 saturated heterocycles. The van der Waals surface area contributed by atoms with Crippen LogP contribution in [0.1, 0.15) is 55.0 Å². The molecule has 3 fully saturated rings. The van der Waals surface area contributed by atoms with Crippen molar-refractivity contribution >= 4 is 28.8 Å². The third kappa shape index (κ3) is 4.25. The van der Waals surface area contributed by atoms with Gasteiger partial charge in [-0.1, -0.05) is 6.58 Å². The van der Waals surface area contributed by atoms with Gasteiger partial charge in [0.25, 0.3) is 0 Å². The van der Waals surface area contributed by atoms with Gasteiger partial charge in [0.15, 0.2) is 5.65 Å². The summed E-state index contributed by atoms with van der Waals surface area (Å²) in [6.45, 7) is 5.65. The number of nitrogens with zero attached hydrogens (tertiary/aromatic N) is 7. The van der Waals surface area contributed by atoms with Crippen molar-refractivity contribution in [1.29, 1.82) is 5.26 Å². The summed E-state index contributed by atoms with van der Waals surface area (Å²) < 4.78 is 1.76. The molecule has 0 spiro atoms. The molecule has 9 heteroatoms. The number of fused-ring (bicyclic) bond motifs is 1. The van der Waals surface area contributed by atoms with Gasteiger partial charge in [0.2, 0.25) is 5.91 Å². The smallest absolute Gasteiger partial charge is 0.225 e. The van der Waals surface area contributed by atoms with Crippen LogP contribution in [-0.4, -0.2) is 67.9 Å². The van der Waals surface area contributed by atoms with Crippen LogP contribution in [0.3, 0.4) is 0 Å². The van der Waals surface area contributed by atoms with Gasteiger partial charge in [-0.15, -0.1) is 0 Å². The molecule has 0 unspecified atom stereocenters. The van der Waals surface area contributed by atoms with Gasteiger partial charge < -0.3 is 14.9 Å². The monoisotopic (exact) mass is 497 g/mol. The highest BCUT2D eigenvalue weighted by Gasteiger charge is 2.41. The standard InChI is InChI=1S/C28H31N7O2/c1-3-20-13-21(23-15-30-33(2)28(23)31-20)22-12-19(14-29)27(32-26(22)18-6-7-18)34-9-10-35(25(37)8-11-36)24(16-34)17-4-5-17/h3,12-13,15,17-18,24,36H,1,4-11,16H2,2H3/t24-/m0/s1. The fourth-order valence-corrected chi connectivity index (χ4v) is 5.62. The van der Waals surface area contributed by atoms with Crippen molar-refractivity contribution in [3.05, 3.63) is 41.9 Å². The number of aryl methyl sites for hydroxylation is 1. The van der Waals surface area contributed by atoms with Crippen LogP contribution in [-0.2, 0) is 11.8 Å². The van der Waals surface area contributed by atoms with E-state index in [0.29, 0.717) is 42.9 Å². The van der Waals surface area contributed by atoms with Gasteiger partial charge in [0.1, 0.15) is 11.9 Å². The van der Waals surface area contributed by atoms with Crippen molar-refractivity contribution in [1.82, 2.24) is 24.6 Å². The van der Waals surface area contributed by atoms with E-state index in [1.165, 1.54) is 0 Å². The number of aliphatic hydroxyl groups is 1. The Balaban J connectivity index is 1.42. The van der Waals surface area contributed by atoms with Crippen LogP contribution in [0.15, 0.2) is 24.9 Å². The third-order valence-corrected chi connectivity index (χ3v) is 7.87. The molecule has 0 aromatic carbocycles. The maximum absolute atomic E-state index is 12.7. The number of amides is 1. The molecule has 1 amide bonds. The van der Waals surface area contributed by atoms with Crippen LogP contribution in [0.25, 0.3) is 28.2 Å². The van der Waals surface area contributed by atoms with Crippen molar-refractivity contribution in [2.45, 2.75) is 44.1 Å². The van der Waals surface area contributed by atoms with Gasteiger partial charge in [0.05, 0.1) is 35.8 Å². The molecular weight excluding hydrogens is 466 g/mol. The number of pyridine rings is 2. The molecule has 2 aliphatic carbocycles. The highest BCUT2D eigenvalue weighted by molar-refractivity contribution is 5.95. The Morgan fingerprint density at radius 1 is 1.22 bits per heavy atom. The highest BCUT2D eigenvalue weighted by Crippen LogP contribution is 2.46. The second-order valence-electron chi connectivity index (χ2n) is 10.4. The van der Waals surface area contributed by atoms with Gasteiger partial charge in [-0.3, -0.25) is 9.48 Å². The molecule has 6 rings (SSSR count). The number of hydrogen-bond acceptors (Lipinski definition) is 7. The number of hydrogen-bond donors (Lipinski definition) is 1. The minimum atomic E-state index is -0.129. The number of piperazine rings is 1. The van der Waals surface area contributed by atoms with Gasteiger partial charge in [0, 0.05) is 50.0 Å². The van der Waals surface area contributed by atoms with Gasteiger partial charge in [-0.2, -0.15) is 10.4 Å². The number of rotatable bonds is 7. The van der Waals surface area contributed by atoms with Crippen molar-refractivity contribution in [2.75, 3.05) is 31.1 Å². The lowest BCUT2D eigenvalue weighted by Crippen LogP contribution is -2.56. The molecule has 4 heterocycles. The topological polar surface area (TPSA) is 111 Å². The quantitative estimate of drug-likeness (QED) is 0.533. The van der Waals surface area contributed by atoms with E-state index in [4.69, 9.17) is 4.98 Å². The average Bonchev–Trinajstić information content (AvgIpc) is 3.85. The van der Waals surface area contributed by atoms with Crippen LogP contribution >= 0.6 is 0 Å². The summed E-state index contributed by atoms with van der Waals surface area (Å²) in [5.41, 5.74) is 5.02. The Bertz CT molecular complexity index is 1430. The average molecular weight is 498 g/mol. The molecule has 190 valence electrons. The van der Waals surface area contributed by atoms with Crippen molar-refractivity contribution in [2.24, 2.45) is 13.0 Å². The number of carbonyl (C=O) groups excluding carboxylic acids is 1. The summed E-state index contributed by atoms with van der Waals surface area (Å²) in [5.74, 6) is 1.57. The zero-order valence-corrected chi connectivity index (χ0v) is 21.1. The number of anilines is 1. The highest BCUT2D eigenvalue weighted by atomic mass is 16.3. The fraction of sp³-hybridized carbons (Fsp3) is 0.464. The number of aliphatic hydroxyl groups excluding tert-OH is 1. The molecule has 9 nitrogen and oxygen atoms in total. The van der Waals surface area contributed by atoms with Crippen LogP contribution < -0.4 is 4.90 Å². The van der Waals surface area contributed by atoms with E-state index < -0.39 is 0 Å². The minimum Gasteiger partial charge on any atom is -0.396 e. The molecule has 0 bridgehead atoms. The summed E-state index contributed by atoms with van der Waals surface area (Å²) in [5, 5.41) is 24.9. The predicted octanol–water partition coefficient (Wildman–Crippen LogP) is 3.23. The first-order valence-electron chi connectivity index (χ1n) is 13.1. The normalized spacial score (nSPS) is 19.8. The lowest BCUT2D eigenvalue weighted by atomic mass is 9.96. The molecule has 1 aliphatic heterocycles. The first-order chi connectivity index (χ1) is 18.0. The van der Waals surface area contributed by atoms with Gasteiger partial charge >= 0.3 is 0 Å². The molecule has 37 heavy (non-hydrogen) atoms. The summed E-state index contributed by atoms with van der Waals surface area (Å²) in [4.78, 5) is 26.7. The lowest BCUT2D eigenvalue weighted by molar-refractivity contribution is -0.135. The molecule has 0 radical (unpaired) electrons. The summed E-state index contributed by atoms with van der Waals surface area (Å²) >= 11 is 0. The third-order valence-electron chi connectivity index (χ3n) is 7.87. The van der Waals surface area contributed by atoms with E-state index >= 15 is 0 Å². The Hall–Kier alpha value is -3.77. The second-order valence-corrected chi connectivity index (χ2v) is 10.4. The zero-order valence-electron chi connectivity index (χ0n) is 21.1. The Morgan fingerprint density at radius 2 is 2.03 bits per heavy atom. The maximum Gasteiger partial charge on any atom is 0.225 e. The SMILES string of the molecule is C=Cc1cc(-c2cc(C#N)c(N3CCN(C(=O)CCO)[C@H](C4CC4)C3)nc2C2CC2)c2cnn(C)c2n1. The molecule has 1 N–H and O–H groups in total. The van der Waals surface area contributed by atoms with Crippen LogP contribution in [0.5, 0.6) is 0 Å². The molecule has 1 atom stereocenters. The fourth-order valence-electron chi connectivity index (χ4n) is 5.62. The van der Waals surface area contributed by atoms with Crippen molar-refractivity contribution in [3.8, 4) is 17.2 Å². The maximum atomic E-state index is 12.7. The summed E-state index contributed by atoms with van der Waals surface area (Å²) in [6, 6.07) is 6.50. The van der Waals surface area contributed by atoms with E-state index in [1.54, 1.807) is 10.8 Å². The first kappa shape index (κ1) is 23.6. The molecule has 3 aliphatic rings. The van der Waals surface area contributed by atoms with Crippen LogP contribution in [0, 0.1) is 17.2 Å². The van der Waals surface area contributed by atoms with Crippen LogP contribution in [0.2, 0.25) is 0 Å². The summed E-state index contributed by atoms with van der Waals surface area (Å²) in [7, 11) is 1.87. The van der Waals surface area contributed by atoms with E-state index in [0.717, 1.165) is 59.2 Å². The van der Waals surface area contributed by atoms with Crippen molar-refractivity contribution in [3.63, 3.8) is 0 Å². The number of carbonyl (C=O) groups is 1. The molecule has 2 saturated carbocycles. The molecule has 3 aromatic heterocycles. The Kier molecular flexibility index (Phi) is 5.92. The van der Waals surface area contributed by atoms with E-state index in [2.05, 4.69) is 27.6 Å². The Labute approximate surface area is 216 Å². The largest absolute Gasteiger partial charge is 0.396 e. The summed E-state index contributed by atoms with van der Waals surface area (Å²) in [6.07, 6.45) is 8.10. The molecular formula is C28H31N7O2. The van der Waals surface area contributed by atoms with Crippen molar-refractivity contribution < 1.29 is 9.90 Å². The van der Waals surface area contributed by atoms with Gasteiger partial charge in [-0.05, 0) is 55.4 Å².